The van der Waals surface area contributed by atoms with E-state index in [4.69, 9.17) is 19.9 Å². The predicted octanol–water partition coefficient (Wildman–Crippen LogP) is 2.14. The van der Waals surface area contributed by atoms with E-state index in [0.29, 0.717) is 0 Å². The Morgan fingerprint density at radius 3 is 1.21 bits per heavy atom. The third kappa shape index (κ3) is 10.8. The first-order valence-electron chi connectivity index (χ1n) is 19.0. The second kappa shape index (κ2) is 19.2. The summed E-state index contributed by atoms with van der Waals surface area (Å²) in [7, 11) is 0. The largest absolute Gasteiger partial charge is 0.310 e. The zero-order chi connectivity index (χ0) is 35.2. The van der Waals surface area contributed by atoms with E-state index in [0.717, 1.165) is 174 Å². The summed E-state index contributed by atoms with van der Waals surface area (Å²) in [6.45, 7) is 16.2. The summed E-state index contributed by atoms with van der Waals surface area (Å²) in [6, 6.07) is 25.5. The maximum Gasteiger partial charge on any atom is 0.0968 e. The molecule has 1 aromatic carbocycles. The van der Waals surface area contributed by atoms with Gasteiger partial charge >= 0.3 is 0 Å². The van der Waals surface area contributed by atoms with Gasteiger partial charge in [0.25, 0.3) is 0 Å². The van der Waals surface area contributed by atoms with E-state index in [1.54, 1.807) is 0 Å². The molecule has 5 aromatic rings. The van der Waals surface area contributed by atoms with Gasteiger partial charge in [-0.15, -0.1) is 0 Å². The molecule has 12 heteroatoms. The number of fused-ring (bicyclic) bond motifs is 7. The fourth-order valence-corrected chi connectivity index (χ4v) is 6.89. The fraction of sp³-hybridized carbons (Fsp3) is 0.450. The van der Waals surface area contributed by atoms with Crippen molar-refractivity contribution in [2.75, 3.05) is 78.5 Å². The monoisotopic (exact) mass is 702 g/mol. The lowest BCUT2D eigenvalue weighted by atomic mass is 10.1. The number of nitrogens with zero attached hydrogens (tertiary/aromatic N) is 6. The smallest absolute Gasteiger partial charge is 0.0968 e. The molecule has 274 valence electrons. The normalized spacial score (nSPS) is 17.2. The highest BCUT2D eigenvalue weighted by molar-refractivity contribution is 6.02. The highest BCUT2D eigenvalue weighted by atomic mass is 15.2. The first kappa shape index (κ1) is 36.4. The third-order valence-corrected chi connectivity index (χ3v) is 9.83. The van der Waals surface area contributed by atoms with Crippen molar-refractivity contribution < 1.29 is 0 Å². The maximum atomic E-state index is 5.11. The molecule has 0 spiro atoms. The van der Waals surface area contributed by atoms with Crippen molar-refractivity contribution in [3.05, 3.63) is 107 Å². The predicted molar refractivity (Wildman–Crippen MR) is 209 cm³/mol. The zero-order valence-corrected chi connectivity index (χ0v) is 30.3. The summed E-state index contributed by atoms with van der Waals surface area (Å²) in [5.74, 6) is 0. The van der Waals surface area contributed by atoms with Crippen molar-refractivity contribution in [1.82, 2.24) is 61.6 Å². The lowest BCUT2D eigenvalue weighted by molar-refractivity contribution is 0.270. The summed E-state index contributed by atoms with van der Waals surface area (Å²) < 4.78 is 0. The summed E-state index contributed by atoms with van der Waals surface area (Å²) in [4.78, 5) is 24.7. The molecule has 0 unspecified atom stereocenters. The first-order valence-corrected chi connectivity index (χ1v) is 19.0. The molecular formula is C40H54N12. The Bertz CT molecular complexity index is 1680. The fourth-order valence-electron chi connectivity index (χ4n) is 6.89. The molecule has 0 radical (unpaired) electrons. The second-order valence-corrected chi connectivity index (χ2v) is 13.8. The molecule has 52 heavy (non-hydrogen) atoms. The van der Waals surface area contributed by atoms with E-state index >= 15 is 0 Å². The Labute approximate surface area is 307 Å². The lowest BCUT2D eigenvalue weighted by Gasteiger charge is -2.23. The van der Waals surface area contributed by atoms with Crippen LogP contribution in [0.4, 0.5) is 0 Å². The third-order valence-electron chi connectivity index (χ3n) is 9.83. The molecule has 7 rings (SSSR count). The molecule has 0 aliphatic carbocycles. The number of hydrogen-bond acceptors (Lipinski definition) is 12. The van der Waals surface area contributed by atoms with Gasteiger partial charge in [0.1, 0.15) is 0 Å². The van der Waals surface area contributed by atoms with Crippen molar-refractivity contribution in [3.8, 4) is 0 Å². The molecule has 4 aromatic heterocycles. The van der Waals surface area contributed by atoms with Crippen LogP contribution in [0.5, 0.6) is 0 Å². The van der Waals surface area contributed by atoms with Gasteiger partial charge in [-0.3, -0.25) is 19.8 Å². The van der Waals surface area contributed by atoms with Crippen LogP contribution in [0.25, 0.3) is 21.8 Å². The van der Waals surface area contributed by atoms with Gasteiger partial charge in [0.05, 0.1) is 45.2 Å². The lowest BCUT2D eigenvalue weighted by Crippen LogP contribution is -2.40. The van der Waals surface area contributed by atoms with Crippen molar-refractivity contribution in [3.63, 3.8) is 0 Å². The van der Waals surface area contributed by atoms with Gasteiger partial charge in [0, 0.05) is 129 Å². The van der Waals surface area contributed by atoms with Crippen LogP contribution in [0.3, 0.4) is 0 Å². The van der Waals surface area contributed by atoms with Crippen LogP contribution in [0.2, 0.25) is 0 Å². The highest BCUT2D eigenvalue weighted by Gasteiger charge is 2.11. The minimum Gasteiger partial charge on any atom is -0.310 e. The van der Waals surface area contributed by atoms with E-state index in [1.807, 2.05) is 0 Å². The molecule has 0 saturated carbocycles. The highest BCUT2D eigenvalue weighted by Crippen LogP contribution is 2.23. The van der Waals surface area contributed by atoms with Gasteiger partial charge in [-0.05, 0) is 36.4 Å². The van der Waals surface area contributed by atoms with Crippen LogP contribution in [0.15, 0.2) is 72.8 Å². The molecule has 6 heterocycles. The number of hydrogen-bond donors (Lipinski definition) is 6. The van der Waals surface area contributed by atoms with Gasteiger partial charge in [0.2, 0.25) is 0 Å². The molecule has 0 saturated heterocycles. The number of benzene rings is 1. The van der Waals surface area contributed by atoms with Gasteiger partial charge in [0.15, 0.2) is 0 Å². The number of rotatable bonds is 10. The summed E-state index contributed by atoms with van der Waals surface area (Å²) >= 11 is 0. The molecule has 2 aliphatic heterocycles. The Morgan fingerprint density at radius 1 is 0.462 bits per heavy atom. The average Bonchev–Trinajstić information content (AvgIpc) is 3.17. The van der Waals surface area contributed by atoms with Crippen LogP contribution >= 0.6 is 0 Å². The Morgan fingerprint density at radius 2 is 0.827 bits per heavy atom. The van der Waals surface area contributed by atoms with Crippen LogP contribution < -0.4 is 31.9 Å². The van der Waals surface area contributed by atoms with E-state index in [-0.39, 0.29) is 0 Å². The second-order valence-electron chi connectivity index (χ2n) is 13.8. The van der Waals surface area contributed by atoms with E-state index in [1.165, 1.54) is 0 Å². The Balaban J connectivity index is 0.883. The number of nitrogens with one attached hydrogen (secondary N) is 6. The molecule has 2 aliphatic rings. The van der Waals surface area contributed by atoms with Crippen molar-refractivity contribution in [2.45, 2.75) is 39.3 Å². The summed E-state index contributed by atoms with van der Waals surface area (Å²) in [5, 5.41) is 23.8. The van der Waals surface area contributed by atoms with Crippen molar-refractivity contribution in [2.24, 2.45) is 0 Å². The first-order chi connectivity index (χ1) is 25.7. The van der Waals surface area contributed by atoms with Gasteiger partial charge in [-0.2, -0.15) is 0 Å². The molecular weight excluding hydrogens is 649 g/mol. The molecule has 0 amide bonds. The topological polar surface area (TPSA) is 130 Å². The molecule has 6 N–H and O–H groups in total. The SMILES string of the molecule is c1cc2nc(c1)CNCCN(CCNCc1ccc3ccc4ccc(CNCCN5CCNCc6cccc(n6)CNCC5)nc4c3n1)CCNC2. The van der Waals surface area contributed by atoms with Crippen LogP contribution in [0, 0.1) is 0 Å². The minimum atomic E-state index is 0.726. The molecule has 0 atom stereocenters. The van der Waals surface area contributed by atoms with Crippen molar-refractivity contribution in [1.29, 1.82) is 0 Å². The standard InChI is InChI=1S/C40H54N12/c1-3-33-25-41-13-19-51(20-14-42-26-34(4-1)47-33)23-17-45-29-37-11-9-31-7-8-32-10-12-38(50-40(32)39(31)49-37)30-46-18-24-52-21-15-43-27-35-5-2-6-36(48-35)28-44-16-22-52/h1-12,41-46H,13-30H2. The Kier molecular flexibility index (Phi) is 13.4. The average molecular weight is 703 g/mol. The molecule has 12 nitrogen and oxygen atoms in total. The van der Waals surface area contributed by atoms with Crippen LogP contribution in [-0.4, -0.2) is 108 Å². The van der Waals surface area contributed by atoms with E-state index < -0.39 is 0 Å². The zero-order valence-electron chi connectivity index (χ0n) is 30.3. The van der Waals surface area contributed by atoms with Gasteiger partial charge in [-0.1, -0.05) is 36.4 Å². The summed E-state index contributed by atoms with van der Waals surface area (Å²) in [5.41, 5.74) is 8.42. The molecule has 4 bridgehead atoms. The number of pyridine rings is 4. The van der Waals surface area contributed by atoms with Crippen molar-refractivity contribution >= 4 is 21.8 Å². The van der Waals surface area contributed by atoms with Gasteiger partial charge in [-0.25, -0.2) is 9.97 Å². The number of aromatic nitrogens is 4. The maximum absolute atomic E-state index is 5.11. The quantitative estimate of drug-likeness (QED) is 0.0943. The van der Waals surface area contributed by atoms with Crippen LogP contribution in [-0.2, 0) is 39.3 Å². The molecule has 0 fully saturated rings. The van der Waals surface area contributed by atoms with E-state index in [9.17, 15) is 0 Å². The Hall–Kier alpha value is -3.98. The van der Waals surface area contributed by atoms with Crippen LogP contribution in [0.1, 0.15) is 34.2 Å². The van der Waals surface area contributed by atoms with Gasteiger partial charge < -0.3 is 31.9 Å². The summed E-state index contributed by atoms with van der Waals surface area (Å²) in [6.07, 6.45) is 0. The van der Waals surface area contributed by atoms with E-state index in [2.05, 4.69) is 114 Å². The minimum absolute atomic E-state index is 0.726.